The molecule has 4 nitrogen and oxygen atoms in total. The molecule has 5 heteroatoms. The summed E-state index contributed by atoms with van der Waals surface area (Å²) in [6.07, 6.45) is 0. The zero-order valence-electron chi connectivity index (χ0n) is 13.0. The van der Waals surface area contributed by atoms with Gasteiger partial charge in [-0.1, -0.05) is 53.8 Å². The van der Waals surface area contributed by atoms with Gasteiger partial charge in [0.05, 0.1) is 5.69 Å². The Kier molecular flexibility index (Phi) is 4.12. The van der Waals surface area contributed by atoms with Gasteiger partial charge in [-0.05, 0) is 31.0 Å². The Balaban J connectivity index is 1.96. The molecule has 0 radical (unpaired) electrons. The van der Waals surface area contributed by atoms with Crippen LogP contribution in [0.15, 0.2) is 48.5 Å². The predicted octanol–water partition coefficient (Wildman–Crippen LogP) is 4.26. The Morgan fingerprint density at radius 3 is 2.57 bits per heavy atom. The molecule has 0 saturated carbocycles. The topological polar surface area (TPSA) is 68.0 Å². The number of benzene rings is 2. The third-order valence-corrected chi connectivity index (χ3v) is 4.63. The molecule has 0 spiro atoms. The van der Waals surface area contributed by atoms with Gasteiger partial charge in [0.25, 0.3) is 5.91 Å². The quantitative estimate of drug-likeness (QED) is 0.756. The van der Waals surface area contributed by atoms with Crippen molar-refractivity contribution < 1.29 is 4.79 Å². The number of hydrogen-bond acceptors (Lipinski definition) is 4. The second-order valence-corrected chi connectivity index (χ2v) is 6.33. The largest absolute Gasteiger partial charge is 0.375 e. The Hall–Kier alpha value is -2.66. The average Bonchev–Trinajstić information content (AvgIpc) is 2.95. The molecule has 116 valence electrons. The first-order valence-corrected chi connectivity index (χ1v) is 8.07. The van der Waals surface area contributed by atoms with E-state index in [1.807, 2.05) is 62.4 Å². The van der Waals surface area contributed by atoms with E-state index in [9.17, 15) is 4.79 Å². The highest BCUT2D eigenvalue weighted by Gasteiger charge is 2.19. The number of nitrogens with zero attached hydrogens (tertiary/aromatic N) is 1. The van der Waals surface area contributed by atoms with E-state index in [1.54, 1.807) is 0 Å². The van der Waals surface area contributed by atoms with Crippen LogP contribution in [-0.4, -0.2) is 10.9 Å². The zero-order chi connectivity index (χ0) is 16.4. The summed E-state index contributed by atoms with van der Waals surface area (Å²) in [6, 6.07) is 15.4. The van der Waals surface area contributed by atoms with Crippen LogP contribution in [0.25, 0.3) is 11.3 Å². The first kappa shape index (κ1) is 15.2. The van der Waals surface area contributed by atoms with Crippen LogP contribution < -0.4 is 11.1 Å². The van der Waals surface area contributed by atoms with Crippen LogP contribution in [0.1, 0.15) is 20.8 Å². The van der Waals surface area contributed by atoms with E-state index in [1.165, 1.54) is 11.3 Å². The number of aromatic nitrogens is 1. The van der Waals surface area contributed by atoms with Crippen LogP contribution >= 0.6 is 11.3 Å². The number of hydrogen-bond donors (Lipinski definition) is 2. The highest BCUT2D eigenvalue weighted by Crippen LogP contribution is 2.30. The second kappa shape index (κ2) is 6.22. The van der Waals surface area contributed by atoms with Gasteiger partial charge < -0.3 is 11.1 Å². The number of carbonyl (C=O) groups excluding carboxylic acids is 1. The molecular formula is C18H17N3OS. The smallest absolute Gasteiger partial charge is 0.268 e. The van der Waals surface area contributed by atoms with Crippen LogP contribution in [-0.2, 0) is 0 Å². The maximum atomic E-state index is 12.7. The lowest BCUT2D eigenvalue weighted by atomic mass is 10.1. The highest BCUT2D eigenvalue weighted by atomic mass is 32.1. The molecule has 0 fully saturated rings. The molecule has 0 aliphatic heterocycles. The minimum Gasteiger partial charge on any atom is -0.375 e. The van der Waals surface area contributed by atoms with Crippen molar-refractivity contribution in [2.45, 2.75) is 13.8 Å². The van der Waals surface area contributed by atoms with Gasteiger partial charge in [-0.2, -0.15) is 0 Å². The Morgan fingerprint density at radius 2 is 1.83 bits per heavy atom. The summed E-state index contributed by atoms with van der Waals surface area (Å²) in [6.45, 7) is 4.01. The fourth-order valence-electron chi connectivity index (χ4n) is 2.35. The SMILES string of the molecule is Cc1cccc(NC(=O)c2sc(N)nc2-c2ccccc2)c1C. The number of thiazole rings is 1. The number of carbonyl (C=O) groups is 1. The van der Waals surface area contributed by atoms with Crippen LogP contribution in [0.5, 0.6) is 0 Å². The molecule has 0 aliphatic carbocycles. The number of aryl methyl sites for hydroxylation is 1. The molecule has 0 atom stereocenters. The lowest BCUT2D eigenvalue weighted by Crippen LogP contribution is -2.12. The number of nitrogens with two attached hydrogens (primary N) is 1. The number of nitrogen functional groups attached to an aromatic ring is 1. The third-order valence-electron chi connectivity index (χ3n) is 3.75. The van der Waals surface area contributed by atoms with Crippen LogP contribution in [0.3, 0.4) is 0 Å². The second-order valence-electron chi connectivity index (χ2n) is 5.30. The summed E-state index contributed by atoms with van der Waals surface area (Å²) in [5, 5.41) is 3.35. The number of anilines is 2. The number of amides is 1. The summed E-state index contributed by atoms with van der Waals surface area (Å²) in [7, 11) is 0. The molecule has 0 unspecified atom stereocenters. The molecule has 23 heavy (non-hydrogen) atoms. The van der Waals surface area contributed by atoms with E-state index < -0.39 is 0 Å². The molecule has 3 aromatic rings. The van der Waals surface area contributed by atoms with E-state index in [4.69, 9.17) is 5.73 Å². The van der Waals surface area contributed by atoms with Gasteiger partial charge in [-0.15, -0.1) is 0 Å². The Bertz CT molecular complexity index is 856. The third kappa shape index (κ3) is 3.10. The summed E-state index contributed by atoms with van der Waals surface area (Å²) in [5.41, 5.74) is 10.3. The molecule has 0 saturated heterocycles. The lowest BCUT2D eigenvalue weighted by Gasteiger charge is -2.10. The molecule has 0 aliphatic rings. The van der Waals surface area contributed by atoms with Crippen molar-refractivity contribution in [1.29, 1.82) is 0 Å². The van der Waals surface area contributed by atoms with Crippen molar-refractivity contribution in [3.63, 3.8) is 0 Å². The minimum absolute atomic E-state index is 0.188. The van der Waals surface area contributed by atoms with Crippen molar-refractivity contribution in [3.8, 4) is 11.3 Å². The summed E-state index contributed by atoms with van der Waals surface area (Å²) >= 11 is 1.20. The fourth-order valence-corrected chi connectivity index (χ4v) is 3.10. The van der Waals surface area contributed by atoms with Crippen LogP contribution in [0.4, 0.5) is 10.8 Å². The van der Waals surface area contributed by atoms with Crippen molar-refractivity contribution in [3.05, 3.63) is 64.5 Å². The van der Waals surface area contributed by atoms with Crippen LogP contribution in [0, 0.1) is 13.8 Å². The summed E-state index contributed by atoms with van der Waals surface area (Å²) < 4.78 is 0. The molecule has 1 aromatic heterocycles. The van der Waals surface area contributed by atoms with Gasteiger partial charge in [0, 0.05) is 11.3 Å². The first-order chi connectivity index (χ1) is 11.1. The first-order valence-electron chi connectivity index (χ1n) is 7.25. The molecule has 1 heterocycles. The maximum Gasteiger partial charge on any atom is 0.268 e. The van der Waals surface area contributed by atoms with Gasteiger partial charge in [0.15, 0.2) is 5.13 Å². The molecule has 3 rings (SSSR count). The van der Waals surface area contributed by atoms with Gasteiger partial charge in [-0.25, -0.2) is 4.98 Å². The highest BCUT2D eigenvalue weighted by molar-refractivity contribution is 7.17. The molecule has 1 amide bonds. The van der Waals surface area contributed by atoms with Gasteiger partial charge in [0.2, 0.25) is 0 Å². The zero-order valence-corrected chi connectivity index (χ0v) is 13.8. The van der Waals surface area contributed by atoms with Crippen molar-refractivity contribution >= 4 is 28.1 Å². The van der Waals surface area contributed by atoms with Gasteiger partial charge in [-0.3, -0.25) is 4.79 Å². The lowest BCUT2D eigenvalue weighted by molar-refractivity contribution is 0.103. The standard InChI is InChI=1S/C18H17N3OS/c1-11-7-6-10-14(12(11)2)20-17(22)16-15(21-18(19)23-16)13-8-4-3-5-9-13/h3-10H,1-2H3,(H2,19,21)(H,20,22). The maximum absolute atomic E-state index is 12.7. The number of nitrogens with one attached hydrogen (secondary N) is 1. The minimum atomic E-state index is -0.188. The van der Waals surface area contributed by atoms with E-state index in [-0.39, 0.29) is 5.91 Å². The van der Waals surface area contributed by atoms with E-state index in [2.05, 4.69) is 10.3 Å². The average molecular weight is 323 g/mol. The summed E-state index contributed by atoms with van der Waals surface area (Å²) in [5.74, 6) is -0.188. The number of rotatable bonds is 3. The van der Waals surface area contributed by atoms with E-state index in [0.717, 1.165) is 22.4 Å². The van der Waals surface area contributed by atoms with Crippen molar-refractivity contribution in [2.75, 3.05) is 11.1 Å². The normalized spacial score (nSPS) is 10.5. The van der Waals surface area contributed by atoms with E-state index >= 15 is 0 Å². The van der Waals surface area contributed by atoms with Crippen molar-refractivity contribution in [1.82, 2.24) is 4.98 Å². The monoisotopic (exact) mass is 323 g/mol. The fraction of sp³-hybridized carbons (Fsp3) is 0.111. The molecule has 2 aromatic carbocycles. The Morgan fingerprint density at radius 1 is 1.09 bits per heavy atom. The van der Waals surface area contributed by atoms with Gasteiger partial charge >= 0.3 is 0 Å². The molecular weight excluding hydrogens is 306 g/mol. The predicted molar refractivity (Wildman–Crippen MR) is 95.8 cm³/mol. The summed E-state index contributed by atoms with van der Waals surface area (Å²) in [4.78, 5) is 17.5. The van der Waals surface area contributed by atoms with Gasteiger partial charge in [0.1, 0.15) is 4.88 Å². The molecule has 0 bridgehead atoms. The van der Waals surface area contributed by atoms with Crippen molar-refractivity contribution in [2.24, 2.45) is 0 Å². The molecule has 3 N–H and O–H groups in total. The Labute approximate surface area is 139 Å². The van der Waals surface area contributed by atoms with Crippen LogP contribution in [0.2, 0.25) is 0 Å². The van der Waals surface area contributed by atoms with E-state index in [0.29, 0.717) is 15.7 Å².